The van der Waals surface area contributed by atoms with Gasteiger partial charge in [-0.25, -0.2) is 23.1 Å². The first kappa shape index (κ1) is 17.5. The van der Waals surface area contributed by atoms with Gasteiger partial charge in [-0.05, 0) is 50.6 Å². The minimum absolute atomic E-state index is 0.0503. The average Bonchev–Trinajstić information content (AvgIpc) is 2.41. The molecule has 0 radical (unpaired) electrons. The number of rotatable bonds is 3. The SMILES string of the molecule is C=C1C=NC(Cl)=NC1=Nc1cccc(S(=O)(=O)NC(C)(C)C)c1. The van der Waals surface area contributed by atoms with Crippen LogP contribution in [0.3, 0.4) is 0 Å². The molecule has 0 unspecified atom stereocenters. The lowest BCUT2D eigenvalue weighted by Crippen LogP contribution is -2.40. The van der Waals surface area contributed by atoms with E-state index in [2.05, 4.69) is 26.3 Å². The summed E-state index contributed by atoms with van der Waals surface area (Å²) in [4.78, 5) is 12.2. The van der Waals surface area contributed by atoms with Gasteiger partial charge in [0, 0.05) is 17.3 Å². The normalized spacial score (nSPS) is 17.5. The molecule has 0 aliphatic carbocycles. The van der Waals surface area contributed by atoms with Gasteiger partial charge >= 0.3 is 0 Å². The Labute approximate surface area is 140 Å². The molecule has 0 amide bonds. The Morgan fingerprint density at radius 3 is 2.65 bits per heavy atom. The van der Waals surface area contributed by atoms with Crippen LogP contribution < -0.4 is 4.72 Å². The molecule has 23 heavy (non-hydrogen) atoms. The van der Waals surface area contributed by atoms with Crippen LogP contribution in [0.2, 0.25) is 0 Å². The second-order valence-corrected chi connectivity index (χ2v) is 7.97. The van der Waals surface area contributed by atoms with Crippen molar-refractivity contribution in [2.45, 2.75) is 31.2 Å². The summed E-state index contributed by atoms with van der Waals surface area (Å²) in [6, 6.07) is 6.25. The molecule has 1 aliphatic rings. The van der Waals surface area contributed by atoms with Gasteiger partial charge < -0.3 is 0 Å². The van der Waals surface area contributed by atoms with E-state index in [0.29, 0.717) is 17.1 Å². The van der Waals surface area contributed by atoms with E-state index >= 15 is 0 Å². The van der Waals surface area contributed by atoms with Crippen LogP contribution in [0.15, 0.2) is 56.3 Å². The minimum Gasteiger partial charge on any atom is -0.228 e. The van der Waals surface area contributed by atoms with E-state index in [-0.39, 0.29) is 10.2 Å². The first-order valence-electron chi connectivity index (χ1n) is 6.77. The summed E-state index contributed by atoms with van der Waals surface area (Å²) in [6.45, 7) is 9.09. The molecular weight excluding hydrogens is 336 g/mol. The fourth-order valence-electron chi connectivity index (χ4n) is 1.78. The van der Waals surface area contributed by atoms with Gasteiger partial charge in [-0.3, -0.25) is 0 Å². The van der Waals surface area contributed by atoms with Gasteiger partial charge in [0.25, 0.3) is 0 Å². The molecule has 6 nitrogen and oxygen atoms in total. The number of nitrogens with one attached hydrogen (secondary N) is 1. The van der Waals surface area contributed by atoms with Crippen molar-refractivity contribution in [1.29, 1.82) is 0 Å². The quantitative estimate of drug-likeness (QED) is 0.848. The zero-order valence-electron chi connectivity index (χ0n) is 13.0. The summed E-state index contributed by atoms with van der Waals surface area (Å²) >= 11 is 5.74. The van der Waals surface area contributed by atoms with Gasteiger partial charge in [-0.2, -0.15) is 4.99 Å². The van der Waals surface area contributed by atoms with E-state index in [1.54, 1.807) is 32.9 Å². The molecule has 1 aromatic carbocycles. The molecular formula is C15H17ClN4O2S. The summed E-state index contributed by atoms with van der Waals surface area (Å²) in [5, 5.41) is 0.0503. The van der Waals surface area contributed by atoms with Crippen molar-refractivity contribution >= 4 is 44.7 Å². The Hall–Kier alpha value is -1.83. The van der Waals surface area contributed by atoms with Crippen LogP contribution in [0, 0.1) is 0 Å². The zero-order chi connectivity index (χ0) is 17.3. The molecule has 1 aromatic rings. The van der Waals surface area contributed by atoms with Gasteiger partial charge in [-0.15, -0.1) is 0 Å². The Morgan fingerprint density at radius 2 is 2.00 bits per heavy atom. The molecule has 0 spiro atoms. The van der Waals surface area contributed by atoms with Gasteiger partial charge in [0.05, 0.1) is 10.6 Å². The molecule has 0 aromatic heterocycles. The van der Waals surface area contributed by atoms with Crippen molar-refractivity contribution < 1.29 is 8.42 Å². The third-order valence-corrected chi connectivity index (χ3v) is 4.55. The van der Waals surface area contributed by atoms with Gasteiger partial charge in [0.15, 0.2) is 5.84 Å². The van der Waals surface area contributed by atoms with Crippen LogP contribution in [-0.2, 0) is 10.0 Å². The van der Waals surface area contributed by atoms with Crippen molar-refractivity contribution in [3.63, 3.8) is 0 Å². The van der Waals surface area contributed by atoms with E-state index in [4.69, 9.17) is 11.6 Å². The number of amidine groups is 2. The van der Waals surface area contributed by atoms with E-state index in [1.165, 1.54) is 18.3 Å². The van der Waals surface area contributed by atoms with Crippen LogP contribution in [0.5, 0.6) is 0 Å². The molecule has 0 fully saturated rings. The molecule has 0 atom stereocenters. The summed E-state index contributed by atoms with van der Waals surface area (Å²) in [5.74, 6) is 0.295. The summed E-state index contributed by atoms with van der Waals surface area (Å²) < 4.78 is 27.3. The summed E-state index contributed by atoms with van der Waals surface area (Å²) in [6.07, 6.45) is 1.45. The number of halogens is 1. The smallest absolute Gasteiger partial charge is 0.228 e. The average molecular weight is 353 g/mol. The monoisotopic (exact) mass is 352 g/mol. The highest BCUT2D eigenvalue weighted by Crippen LogP contribution is 2.21. The first-order chi connectivity index (χ1) is 10.6. The Kier molecular flexibility index (Phi) is 4.84. The maximum atomic E-state index is 12.4. The van der Waals surface area contributed by atoms with Crippen LogP contribution >= 0.6 is 11.6 Å². The fraction of sp³-hybridized carbons (Fsp3) is 0.267. The largest absolute Gasteiger partial charge is 0.241 e. The van der Waals surface area contributed by atoms with Crippen molar-refractivity contribution in [3.8, 4) is 0 Å². The number of hydrogen-bond donors (Lipinski definition) is 1. The van der Waals surface area contributed by atoms with Crippen molar-refractivity contribution in [2.24, 2.45) is 15.0 Å². The highest BCUT2D eigenvalue weighted by Gasteiger charge is 2.22. The Bertz CT molecular complexity index is 833. The fourth-order valence-corrected chi connectivity index (χ4v) is 3.36. The standard InChI is InChI=1S/C15H17ClN4O2S/c1-10-9-17-14(16)19-13(10)18-11-6-5-7-12(8-11)23(21,22)20-15(2,3)4/h5-9,20H,1H2,2-4H3. The predicted octanol–water partition coefficient (Wildman–Crippen LogP) is 3.03. The molecule has 0 saturated heterocycles. The number of aliphatic imine (C=N–C) groups is 3. The van der Waals surface area contributed by atoms with Crippen molar-refractivity contribution in [2.75, 3.05) is 0 Å². The lowest BCUT2D eigenvalue weighted by atomic mass is 10.1. The first-order valence-corrected chi connectivity index (χ1v) is 8.63. The lowest BCUT2D eigenvalue weighted by Gasteiger charge is -2.20. The maximum absolute atomic E-state index is 12.4. The van der Waals surface area contributed by atoms with E-state index in [9.17, 15) is 8.42 Å². The lowest BCUT2D eigenvalue weighted by molar-refractivity contribution is 0.491. The van der Waals surface area contributed by atoms with Crippen LogP contribution in [0.1, 0.15) is 20.8 Å². The van der Waals surface area contributed by atoms with Crippen LogP contribution in [0.4, 0.5) is 5.69 Å². The zero-order valence-corrected chi connectivity index (χ0v) is 14.6. The number of nitrogens with zero attached hydrogens (tertiary/aromatic N) is 3. The van der Waals surface area contributed by atoms with Crippen LogP contribution in [0.25, 0.3) is 0 Å². The molecule has 1 heterocycles. The maximum Gasteiger partial charge on any atom is 0.241 e. The highest BCUT2D eigenvalue weighted by molar-refractivity contribution is 7.89. The number of hydrogen-bond acceptors (Lipinski definition) is 4. The van der Waals surface area contributed by atoms with Gasteiger partial charge in [0.1, 0.15) is 0 Å². The molecule has 2 rings (SSSR count). The molecule has 122 valence electrons. The van der Waals surface area contributed by atoms with E-state index in [0.717, 1.165) is 0 Å². The second kappa shape index (κ2) is 6.35. The highest BCUT2D eigenvalue weighted by atomic mass is 35.5. The third-order valence-electron chi connectivity index (χ3n) is 2.62. The molecule has 8 heteroatoms. The van der Waals surface area contributed by atoms with Gasteiger partial charge in [-0.1, -0.05) is 12.6 Å². The minimum atomic E-state index is -3.64. The molecule has 1 aliphatic heterocycles. The number of benzene rings is 1. The molecule has 0 saturated carbocycles. The van der Waals surface area contributed by atoms with Crippen molar-refractivity contribution in [3.05, 3.63) is 36.4 Å². The summed E-state index contributed by atoms with van der Waals surface area (Å²) in [7, 11) is -3.64. The Balaban J connectivity index is 2.38. The van der Waals surface area contributed by atoms with E-state index < -0.39 is 15.6 Å². The molecule has 0 bridgehead atoms. The predicted molar refractivity (Wildman–Crippen MR) is 94.5 cm³/mol. The van der Waals surface area contributed by atoms with Crippen LogP contribution in [-0.4, -0.2) is 31.3 Å². The van der Waals surface area contributed by atoms with Gasteiger partial charge in [0.2, 0.25) is 15.3 Å². The topological polar surface area (TPSA) is 83.2 Å². The summed E-state index contributed by atoms with van der Waals surface area (Å²) in [5.41, 5.74) is 0.351. The van der Waals surface area contributed by atoms with E-state index in [1.807, 2.05) is 0 Å². The Morgan fingerprint density at radius 1 is 1.30 bits per heavy atom. The number of sulfonamides is 1. The third kappa shape index (κ3) is 4.82. The van der Waals surface area contributed by atoms with Crippen molar-refractivity contribution in [1.82, 2.24) is 4.72 Å². The molecule has 1 N–H and O–H groups in total. The second-order valence-electron chi connectivity index (χ2n) is 5.95.